The molecular formula is C15H21ClN2O3S. The number of carbonyl (C=O) groups is 1. The molecule has 7 heteroatoms. The zero-order chi connectivity index (χ0) is 16.3. The molecule has 1 aliphatic rings. The third kappa shape index (κ3) is 4.61. The lowest BCUT2D eigenvalue weighted by molar-refractivity contribution is 0.0910. The molecular weight excluding hydrogens is 324 g/mol. The van der Waals surface area contributed by atoms with Gasteiger partial charge in [0.1, 0.15) is 0 Å². The van der Waals surface area contributed by atoms with Crippen molar-refractivity contribution in [3.05, 3.63) is 28.8 Å². The van der Waals surface area contributed by atoms with Gasteiger partial charge in [0.05, 0.1) is 17.0 Å². The number of hydrogen-bond acceptors (Lipinski definition) is 3. The lowest BCUT2D eigenvalue weighted by Crippen LogP contribution is -2.41. The molecule has 2 rings (SSSR count). The van der Waals surface area contributed by atoms with Gasteiger partial charge in [0, 0.05) is 11.6 Å². The molecule has 1 aromatic rings. The standard InChI is InChI=1S/C15H21ClN2O3S/c1-10-5-3-4-6-13(10)17-15(19)11-7-8-12(16)14(9-11)18-22(2,20)21/h7-10,13,18H,3-6H2,1-2H3,(H,17,19)/t10-,13-/m0/s1. The Kier molecular flexibility index (Phi) is 5.34. The van der Waals surface area contributed by atoms with Gasteiger partial charge in [0.2, 0.25) is 10.0 Å². The average molecular weight is 345 g/mol. The molecule has 0 radical (unpaired) electrons. The van der Waals surface area contributed by atoms with Gasteiger partial charge in [-0.25, -0.2) is 8.42 Å². The summed E-state index contributed by atoms with van der Waals surface area (Å²) in [6.45, 7) is 2.14. The van der Waals surface area contributed by atoms with E-state index < -0.39 is 10.0 Å². The van der Waals surface area contributed by atoms with E-state index in [0.29, 0.717) is 11.5 Å². The fraction of sp³-hybridized carbons (Fsp3) is 0.533. The van der Waals surface area contributed by atoms with Gasteiger partial charge in [-0.2, -0.15) is 0 Å². The predicted molar refractivity (Wildman–Crippen MR) is 88.8 cm³/mol. The van der Waals surface area contributed by atoms with Crippen molar-refractivity contribution in [3.8, 4) is 0 Å². The molecule has 0 aliphatic heterocycles. The highest BCUT2D eigenvalue weighted by Crippen LogP contribution is 2.26. The van der Waals surface area contributed by atoms with E-state index >= 15 is 0 Å². The maximum Gasteiger partial charge on any atom is 0.251 e. The van der Waals surface area contributed by atoms with Crippen LogP contribution in [0.2, 0.25) is 5.02 Å². The van der Waals surface area contributed by atoms with Gasteiger partial charge in [0.25, 0.3) is 5.91 Å². The van der Waals surface area contributed by atoms with Crippen molar-refractivity contribution >= 4 is 33.2 Å². The van der Waals surface area contributed by atoms with E-state index in [-0.39, 0.29) is 22.7 Å². The summed E-state index contributed by atoms with van der Waals surface area (Å²) >= 11 is 5.96. The van der Waals surface area contributed by atoms with Gasteiger partial charge >= 0.3 is 0 Å². The number of rotatable bonds is 4. The third-order valence-corrected chi connectivity index (χ3v) is 4.87. The van der Waals surface area contributed by atoms with Crippen LogP contribution >= 0.6 is 11.6 Å². The van der Waals surface area contributed by atoms with E-state index in [1.54, 1.807) is 6.07 Å². The largest absolute Gasteiger partial charge is 0.349 e. The van der Waals surface area contributed by atoms with Crippen LogP contribution in [0.15, 0.2) is 18.2 Å². The summed E-state index contributed by atoms with van der Waals surface area (Å²) in [5.41, 5.74) is 0.613. The zero-order valence-electron chi connectivity index (χ0n) is 12.7. The molecule has 0 aromatic heterocycles. The summed E-state index contributed by atoms with van der Waals surface area (Å²) in [6.07, 6.45) is 5.47. The molecule has 0 bridgehead atoms. The molecule has 1 aromatic carbocycles. The first-order chi connectivity index (χ1) is 10.3. The van der Waals surface area contributed by atoms with Gasteiger partial charge < -0.3 is 5.32 Å². The van der Waals surface area contributed by atoms with Crippen molar-refractivity contribution in [2.75, 3.05) is 11.0 Å². The smallest absolute Gasteiger partial charge is 0.251 e. The maximum absolute atomic E-state index is 12.4. The second-order valence-corrected chi connectivity index (χ2v) is 8.07. The van der Waals surface area contributed by atoms with Crippen LogP contribution in [0, 0.1) is 5.92 Å². The van der Waals surface area contributed by atoms with E-state index in [4.69, 9.17) is 11.6 Å². The number of nitrogens with one attached hydrogen (secondary N) is 2. The summed E-state index contributed by atoms with van der Waals surface area (Å²) in [5, 5.41) is 3.29. The Morgan fingerprint density at radius 1 is 1.27 bits per heavy atom. The van der Waals surface area contributed by atoms with Crippen molar-refractivity contribution in [1.82, 2.24) is 5.32 Å². The lowest BCUT2D eigenvalue weighted by atomic mass is 9.86. The van der Waals surface area contributed by atoms with E-state index in [2.05, 4.69) is 17.0 Å². The van der Waals surface area contributed by atoms with E-state index in [9.17, 15) is 13.2 Å². The second-order valence-electron chi connectivity index (χ2n) is 5.91. The number of sulfonamides is 1. The topological polar surface area (TPSA) is 75.3 Å². The van der Waals surface area contributed by atoms with Crippen molar-refractivity contribution < 1.29 is 13.2 Å². The highest BCUT2D eigenvalue weighted by Gasteiger charge is 2.23. The Morgan fingerprint density at radius 2 is 1.95 bits per heavy atom. The van der Waals surface area contributed by atoms with Crippen LogP contribution in [-0.2, 0) is 10.0 Å². The average Bonchev–Trinajstić information content (AvgIpc) is 2.42. The molecule has 2 N–H and O–H groups in total. The second kappa shape index (κ2) is 6.87. The summed E-state index contributed by atoms with van der Waals surface area (Å²) in [7, 11) is -3.44. The summed E-state index contributed by atoms with van der Waals surface area (Å²) in [5.74, 6) is 0.255. The molecule has 1 amide bonds. The van der Waals surface area contributed by atoms with E-state index in [0.717, 1.165) is 25.5 Å². The Labute approximate surface area is 136 Å². The number of benzene rings is 1. The normalized spacial score (nSPS) is 22.1. The van der Waals surface area contributed by atoms with Crippen LogP contribution < -0.4 is 10.0 Å². The van der Waals surface area contributed by atoms with Gasteiger partial charge in [-0.15, -0.1) is 0 Å². The molecule has 22 heavy (non-hydrogen) atoms. The summed E-state index contributed by atoms with van der Waals surface area (Å²) in [6, 6.07) is 4.75. The van der Waals surface area contributed by atoms with Crippen LogP contribution in [0.1, 0.15) is 43.0 Å². The Morgan fingerprint density at radius 3 is 2.59 bits per heavy atom. The molecule has 0 spiro atoms. The lowest BCUT2D eigenvalue weighted by Gasteiger charge is -2.29. The SMILES string of the molecule is C[C@H]1CCCC[C@@H]1NC(=O)c1ccc(Cl)c(NS(C)(=O)=O)c1. The first kappa shape index (κ1) is 17.1. The Bertz CT molecular complexity index is 661. The van der Waals surface area contributed by atoms with Crippen molar-refractivity contribution in [2.24, 2.45) is 5.92 Å². The molecule has 122 valence electrons. The highest BCUT2D eigenvalue weighted by molar-refractivity contribution is 7.92. The van der Waals surface area contributed by atoms with Crippen LogP contribution in [0.5, 0.6) is 0 Å². The highest BCUT2D eigenvalue weighted by atomic mass is 35.5. The predicted octanol–water partition coefficient (Wildman–Crippen LogP) is 3.02. The van der Waals surface area contributed by atoms with Crippen LogP contribution in [0.3, 0.4) is 0 Å². The third-order valence-electron chi connectivity index (χ3n) is 3.95. The van der Waals surface area contributed by atoms with Crippen molar-refractivity contribution in [3.63, 3.8) is 0 Å². The molecule has 2 atom stereocenters. The Hall–Kier alpha value is -1.27. The quantitative estimate of drug-likeness (QED) is 0.881. The van der Waals surface area contributed by atoms with Crippen molar-refractivity contribution in [2.45, 2.75) is 38.6 Å². The molecule has 0 saturated heterocycles. The molecule has 1 aliphatic carbocycles. The first-order valence-corrected chi connectivity index (χ1v) is 9.61. The Balaban J connectivity index is 2.14. The number of halogens is 1. The molecule has 0 heterocycles. The molecule has 0 unspecified atom stereocenters. The fourth-order valence-electron chi connectivity index (χ4n) is 2.73. The molecule has 1 saturated carbocycles. The minimum absolute atomic E-state index is 0.170. The van der Waals surface area contributed by atoms with Gasteiger partial charge in [-0.05, 0) is 37.0 Å². The van der Waals surface area contributed by atoms with Crippen LogP contribution in [0.25, 0.3) is 0 Å². The number of anilines is 1. The first-order valence-electron chi connectivity index (χ1n) is 7.34. The summed E-state index contributed by atoms with van der Waals surface area (Å²) in [4.78, 5) is 12.4. The van der Waals surface area contributed by atoms with E-state index in [1.165, 1.54) is 18.6 Å². The van der Waals surface area contributed by atoms with E-state index in [1.807, 2.05) is 0 Å². The monoisotopic (exact) mass is 344 g/mol. The minimum atomic E-state index is -3.44. The van der Waals surface area contributed by atoms with Gasteiger partial charge in [-0.3, -0.25) is 9.52 Å². The van der Waals surface area contributed by atoms with Crippen molar-refractivity contribution in [1.29, 1.82) is 0 Å². The number of carbonyl (C=O) groups excluding carboxylic acids is 1. The number of amides is 1. The molecule has 1 fully saturated rings. The van der Waals surface area contributed by atoms with Crippen LogP contribution in [0.4, 0.5) is 5.69 Å². The maximum atomic E-state index is 12.4. The summed E-state index contributed by atoms with van der Waals surface area (Å²) < 4.78 is 25.0. The van der Waals surface area contributed by atoms with Crippen LogP contribution in [-0.4, -0.2) is 26.6 Å². The van der Waals surface area contributed by atoms with Gasteiger partial charge in [-0.1, -0.05) is 31.4 Å². The van der Waals surface area contributed by atoms with Gasteiger partial charge in [0.15, 0.2) is 0 Å². The molecule has 5 nitrogen and oxygen atoms in total. The zero-order valence-corrected chi connectivity index (χ0v) is 14.3. The number of hydrogen-bond donors (Lipinski definition) is 2. The minimum Gasteiger partial charge on any atom is -0.349 e. The fourth-order valence-corrected chi connectivity index (χ4v) is 3.52.